The van der Waals surface area contributed by atoms with E-state index in [1.165, 1.54) is 32.1 Å². The second kappa shape index (κ2) is 6.71. The number of thioether (sulfide) groups is 1. The molecule has 21 heavy (non-hydrogen) atoms. The van der Waals surface area contributed by atoms with Crippen molar-refractivity contribution in [1.29, 1.82) is 0 Å². The quantitative estimate of drug-likeness (QED) is 0.837. The zero-order valence-corrected chi connectivity index (χ0v) is 13.3. The molecule has 0 atom stereocenters. The maximum atomic E-state index is 5.91. The molecule has 1 aromatic heterocycles. The Morgan fingerprint density at radius 1 is 1.29 bits per heavy atom. The first-order chi connectivity index (χ1) is 10.2. The molecule has 1 aliphatic rings. The van der Waals surface area contributed by atoms with E-state index in [0.717, 1.165) is 22.4 Å². The number of aromatic nitrogens is 2. The molecule has 1 aromatic carbocycles. The lowest BCUT2D eigenvalue weighted by Crippen LogP contribution is -2.08. The third-order valence-electron chi connectivity index (χ3n) is 3.71. The lowest BCUT2D eigenvalue weighted by Gasteiger charge is -2.19. The van der Waals surface area contributed by atoms with E-state index in [-0.39, 0.29) is 0 Å². The standard InChI is InChI=1S/C15H18ClN3OS/c16-12-7-6-10(8-13(12)17)15-18-14(19-20-15)9-21-11-4-2-1-3-5-11/h6-8,11H,1-5,9,17H2. The minimum absolute atomic E-state index is 0.498. The van der Waals surface area contributed by atoms with Crippen LogP contribution in [0.3, 0.4) is 0 Å². The molecule has 1 heterocycles. The van der Waals surface area contributed by atoms with E-state index in [1.54, 1.807) is 12.1 Å². The lowest BCUT2D eigenvalue weighted by atomic mass is 10.0. The summed E-state index contributed by atoms with van der Waals surface area (Å²) in [6, 6.07) is 5.34. The van der Waals surface area contributed by atoms with Crippen molar-refractivity contribution in [2.45, 2.75) is 43.1 Å². The number of nitrogens with two attached hydrogens (primary N) is 1. The van der Waals surface area contributed by atoms with E-state index in [0.29, 0.717) is 16.6 Å². The van der Waals surface area contributed by atoms with Gasteiger partial charge in [0.15, 0.2) is 5.82 Å². The third kappa shape index (κ3) is 3.71. The molecule has 1 fully saturated rings. The number of anilines is 1. The zero-order chi connectivity index (χ0) is 14.7. The van der Waals surface area contributed by atoms with Gasteiger partial charge in [-0.1, -0.05) is 36.0 Å². The predicted octanol–water partition coefficient (Wildman–Crippen LogP) is 4.54. The average molecular weight is 324 g/mol. The van der Waals surface area contributed by atoms with Crippen molar-refractivity contribution in [2.24, 2.45) is 0 Å². The first kappa shape index (κ1) is 14.7. The Kier molecular flexibility index (Phi) is 4.70. The minimum atomic E-state index is 0.498. The molecule has 0 saturated heterocycles. The lowest BCUT2D eigenvalue weighted by molar-refractivity contribution is 0.425. The van der Waals surface area contributed by atoms with Gasteiger partial charge in [-0.2, -0.15) is 16.7 Å². The number of nitrogen functional groups attached to an aromatic ring is 1. The average Bonchev–Trinajstić information content (AvgIpc) is 2.98. The molecule has 1 saturated carbocycles. The molecule has 2 aromatic rings. The van der Waals surface area contributed by atoms with Gasteiger partial charge in [-0.15, -0.1) is 0 Å². The molecule has 0 spiro atoms. The van der Waals surface area contributed by atoms with E-state index in [2.05, 4.69) is 10.1 Å². The molecule has 4 nitrogen and oxygen atoms in total. The maximum absolute atomic E-state index is 5.91. The van der Waals surface area contributed by atoms with Gasteiger partial charge in [0.05, 0.1) is 16.5 Å². The molecule has 0 unspecified atom stereocenters. The van der Waals surface area contributed by atoms with E-state index in [1.807, 2.05) is 17.8 Å². The normalized spacial score (nSPS) is 16.2. The van der Waals surface area contributed by atoms with Crippen LogP contribution in [0.5, 0.6) is 0 Å². The van der Waals surface area contributed by atoms with Crippen LogP contribution in [0.15, 0.2) is 22.7 Å². The molecule has 0 bridgehead atoms. The molecule has 1 aliphatic carbocycles. The van der Waals surface area contributed by atoms with Crippen LogP contribution in [0, 0.1) is 0 Å². The van der Waals surface area contributed by atoms with Gasteiger partial charge in [0, 0.05) is 10.8 Å². The van der Waals surface area contributed by atoms with Crippen molar-refractivity contribution in [3.63, 3.8) is 0 Å². The SMILES string of the molecule is Nc1cc(-c2nc(CSC3CCCCC3)no2)ccc1Cl. The van der Waals surface area contributed by atoms with Crippen molar-refractivity contribution >= 4 is 29.1 Å². The molecule has 0 radical (unpaired) electrons. The van der Waals surface area contributed by atoms with Crippen molar-refractivity contribution in [2.75, 3.05) is 5.73 Å². The fraction of sp³-hybridized carbons (Fsp3) is 0.467. The van der Waals surface area contributed by atoms with Crippen LogP contribution in [0.1, 0.15) is 37.9 Å². The van der Waals surface area contributed by atoms with Gasteiger partial charge in [0.25, 0.3) is 5.89 Å². The number of nitrogens with zero attached hydrogens (tertiary/aromatic N) is 2. The number of benzene rings is 1. The van der Waals surface area contributed by atoms with Crippen LogP contribution in [0.4, 0.5) is 5.69 Å². The van der Waals surface area contributed by atoms with Crippen LogP contribution >= 0.6 is 23.4 Å². The summed E-state index contributed by atoms with van der Waals surface area (Å²) >= 11 is 7.85. The molecular formula is C15H18ClN3OS. The van der Waals surface area contributed by atoms with E-state index in [4.69, 9.17) is 21.9 Å². The highest BCUT2D eigenvalue weighted by Crippen LogP contribution is 2.31. The number of hydrogen-bond acceptors (Lipinski definition) is 5. The van der Waals surface area contributed by atoms with Gasteiger partial charge in [-0.25, -0.2) is 0 Å². The van der Waals surface area contributed by atoms with E-state index >= 15 is 0 Å². The second-order valence-electron chi connectivity index (χ2n) is 5.32. The van der Waals surface area contributed by atoms with Gasteiger partial charge in [-0.3, -0.25) is 0 Å². The number of rotatable bonds is 4. The Bertz CT molecular complexity index is 611. The minimum Gasteiger partial charge on any atom is -0.398 e. The maximum Gasteiger partial charge on any atom is 0.258 e. The highest BCUT2D eigenvalue weighted by atomic mass is 35.5. The topological polar surface area (TPSA) is 64.9 Å². The Labute approximate surface area is 133 Å². The molecule has 0 amide bonds. The zero-order valence-electron chi connectivity index (χ0n) is 11.7. The first-order valence-electron chi connectivity index (χ1n) is 7.22. The molecule has 2 N–H and O–H groups in total. The van der Waals surface area contributed by atoms with Crippen LogP contribution in [0.25, 0.3) is 11.5 Å². The first-order valence-corrected chi connectivity index (χ1v) is 8.64. The number of hydrogen-bond donors (Lipinski definition) is 1. The Balaban J connectivity index is 1.63. The number of halogens is 1. The summed E-state index contributed by atoms with van der Waals surface area (Å²) in [5.41, 5.74) is 7.12. The smallest absolute Gasteiger partial charge is 0.258 e. The van der Waals surface area contributed by atoms with Gasteiger partial charge in [0.2, 0.25) is 0 Å². The van der Waals surface area contributed by atoms with Crippen molar-refractivity contribution in [1.82, 2.24) is 10.1 Å². The van der Waals surface area contributed by atoms with Gasteiger partial charge < -0.3 is 10.3 Å². The van der Waals surface area contributed by atoms with Crippen molar-refractivity contribution in [3.8, 4) is 11.5 Å². The van der Waals surface area contributed by atoms with Crippen LogP contribution in [-0.2, 0) is 5.75 Å². The molecule has 3 rings (SSSR count). The summed E-state index contributed by atoms with van der Waals surface area (Å²) in [5.74, 6) is 2.05. The fourth-order valence-electron chi connectivity index (χ4n) is 2.53. The van der Waals surface area contributed by atoms with E-state index in [9.17, 15) is 0 Å². The molecule has 0 aliphatic heterocycles. The van der Waals surface area contributed by atoms with Crippen LogP contribution in [0.2, 0.25) is 5.02 Å². The van der Waals surface area contributed by atoms with E-state index < -0.39 is 0 Å². The highest BCUT2D eigenvalue weighted by Gasteiger charge is 2.16. The predicted molar refractivity (Wildman–Crippen MR) is 87.3 cm³/mol. The second-order valence-corrected chi connectivity index (χ2v) is 7.02. The molecule has 112 valence electrons. The molecule has 6 heteroatoms. The fourth-order valence-corrected chi connectivity index (χ4v) is 3.82. The van der Waals surface area contributed by atoms with Gasteiger partial charge in [-0.05, 0) is 31.0 Å². The van der Waals surface area contributed by atoms with Crippen LogP contribution in [-0.4, -0.2) is 15.4 Å². The summed E-state index contributed by atoms with van der Waals surface area (Å²) in [5, 5.41) is 5.32. The Morgan fingerprint density at radius 3 is 2.86 bits per heavy atom. The summed E-state index contributed by atoms with van der Waals surface area (Å²) < 4.78 is 5.31. The Hall–Kier alpha value is -1.20. The van der Waals surface area contributed by atoms with Gasteiger partial charge >= 0.3 is 0 Å². The molecular weight excluding hydrogens is 306 g/mol. The summed E-state index contributed by atoms with van der Waals surface area (Å²) in [7, 11) is 0. The van der Waals surface area contributed by atoms with Crippen molar-refractivity contribution < 1.29 is 4.52 Å². The largest absolute Gasteiger partial charge is 0.398 e. The monoisotopic (exact) mass is 323 g/mol. The third-order valence-corrected chi connectivity index (χ3v) is 5.42. The summed E-state index contributed by atoms with van der Waals surface area (Å²) in [6.45, 7) is 0. The Morgan fingerprint density at radius 2 is 2.10 bits per heavy atom. The van der Waals surface area contributed by atoms with Gasteiger partial charge in [0.1, 0.15) is 0 Å². The van der Waals surface area contributed by atoms with Crippen LogP contribution < -0.4 is 5.73 Å². The summed E-state index contributed by atoms with van der Waals surface area (Å²) in [6.07, 6.45) is 6.69. The summed E-state index contributed by atoms with van der Waals surface area (Å²) in [4.78, 5) is 4.44. The highest BCUT2D eigenvalue weighted by molar-refractivity contribution is 7.99. The van der Waals surface area contributed by atoms with Crippen molar-refractivity contribution in [3.05, 3.63) is 29.0 Å².